The van der Waals surface area contributed by atoms with Crippen LogP contribution in [0.3, 0.4) is 0 Å². The molecule has 36 heavy (non-hydrogen) atoms. The molecule has 0 aromatic carbocycles. The molecule has 0 nitrogen and oxygen atoms in total. The lowest BCUT2D eigenvalue weighted by Gasteiger charge is -2.67. The third-order valence-electron chi connectivity index (χ3n) is 15.9. The summed E-state index contributed by atoms with van der Waals surface area (Å²) in [5.41, 5.74) is 3.51. The van der Waals surface area contributed by atoms with Gasteiger partial charge in [0.2, 0.25) is 0 Å². The molecular formula is C36H68. The van der Waals surface area contributed by atoms with Crippen LogP contribution in [0.2, 0.25) is 0 Å². The predicted octanol–water partition coefficient (Wildman–Crippen LogP) is 11.7. The molecule has 6 fully saturated rings. The van der Waals surface area contributed by atoms with Crippen LogP contribution >= 0.6 is 0 Å². The van der Waals surface area contributed by atoms with Gasteiger partial charge in [0.15, 0.2) is 0 Å². The largest absolute Gasteiger partial charge is 0.0604 e. The van der Waals surface area contributed by atoms with Gasteiger partial charge in [0.25, 0.3) is 0 Å². The molecule has 0 aliphatic heterocycles. The van der Waals surface area contributed by atoms with Gasteiger partial charge in [-0.25, -0.2) is 0 Å². The predicted molar refractivity (Wildman–Crippen MR) is 161 cm³/mol. The smallest absolute Gasteiger partial charge is 0.0156 e. The van der Waals surface area contributed by atoms with Crippen molar-refractivity contribution in [3.8, 4) is 0 Å². The van der Waals surface area contributed by atoms with Gasteiger partial charge in [-0.15, -0.1) is 0 Å². The third kappa shape index (κ3) is 3.42. The van der Waals surface area contributed by atoms with E-state index in [2.05, 4.69) is 125 Å². The summed E-state index contributed by atoms with van der Waals surface area (Å²) in [6.07, 6.45) is 7.86. The fourth-order valence-electron chi connectivity index (χ4n) is 12.1. The Morgan fingerprint density at radius 2 is 0.611 bits per heavy atom. The highest BCUT2D eigenvalue weighted by atomic mass is 14.9. The molecule has 0 aromatic heterocycles. The van der Waals surface area contributed by atoms with E-state index in [0.29, 0.717) is 48.7 Å². The molecule has 0 heterocycles. The summed E-state index contributed by atoms with van der Waals surface area (Å²) in [5, 5.41) is 0. The van der Waals surface area contributed by atoms with Crippen molar-refractivity contribution < 1.29 is 0 Å². The summed E-state index contributed by atoms with van der Waals surface area (Å²) < 4.78 is 0. The minimum Gasteiger partial charge on any atom is -0.0604 e. The average Bonchev–Trinajstić information content (AvgIpc) is 2.78. The minimum atomic E-state index is 0.328. The van der Waals surface area contributed by atoms with E-state index in [4.69, 9.17) is 0 Å². The van der Waals surface area contributed by atoms with Crippen molar-refractivity contribution >= 4 is 0 Å². The first kappa shape index (κ1) is 30.5. The number of rotatable bonds is 0. The Labute approximate surface area is 228 Å². The van der Waals surface area contributed by atoms with E-state index < -0.39 is 0 Å². The van der Waals surface area contributed by atoms with Gasteiger partial charge < -0.3 is 0 Å². The monoisotopic (exact) mass is 501 g/mol. The molecule has 0 spiro atoms. The van der Waals surface area contributed by atoms with Crippen molar-refractivity contribution in [2.24, 2.45) is 72.4 Å². The van der Waals surface area contributed by atoms with E-state index in [9.17, 15) is 0 Å². The molecular weight excluding hydrogens is 432 g/mol. The molecule has 0 saturated heterocycles. The first-order valence-electron chi connectivity index (χ1n) is 15.7. The highest BCUT2D eigenvalue weighted by Gasteiger charge is 2.89. The molecule has 0 radical (unpaired) electrons. The first-order valence-corrected chi connectivity index (χ1v) is 15.7. The summed E-state index contributed by atoms with van der Waals surface area (Å²) in [6.45, 7) is 44.2. The van der Waals surface area contributed by atoms with Crippen LogP contribution in [-0.2, 0) is 0 Å². The summed E-state index contributed by atoms with van der Waals surface area (Å²) in [4.78, 5) is 0. The van der Waals surface area contributed by atoms with Gasteiger partial charge in [-0.2, -0.15) is 0 Å². The second kappa shape index (κ2) is 8.03. The Balaban J connectivity index is 0.000000179. The summed E-state index contributed by atoms with van der Waals surface area (Å²) in [7, 11) is 0. The number of hydrogen-bond donors (Lipinski definition) is 0. The third-order valence-corrected chi connectivity index (χ3v) is 15.9. The Morgan fingerprint density at radius 1 is 0.389 bits per heavy atom. The van der Waals surface area contributed by atoms with Crippen molar-refractivity contribution in [2.75, 3.05) is 0 Å². The van der Waals surface area contributed by atoms with E-state index in [0.717, 1.165) is 23.7 Å². The van der Waals surface area contributed by atoms with Gasteiger partial charge in [0.05, 0.1) is 0 Å². The first-order chi connectivity index (χ1) is 15.7. The Morgan fingerprint density at radius 3 is 0.806 bits per heavy atom. The van der Waals surface area contributed by atoms with Crippen molar-refractivity contribution in [1.29, 1.82) is 0 Å². The molecule has 0 aromatic rings. The molecule has 0 atom stereocenters. The van der Waals surface area contributed by atoms with Crippen LogP contribution in [0, 0.1) is 72.4 Å². The zero-order valence-electron chi connectivity index (χ0n) is 28.3. The Kier molecular flexibility index (Phi) is 6.81. The van der Waals surface area contributed by atoms with Gasteiger partial charge in [0.1, 0.15) is 0 Å². The number of fused-ring (bicyclic) bond motifs is 2. The fourth-order valence-corrected chi connectivity index (χ4v) is 12.1. The Hall–Kier alpha value is 0. The molecule has 6 aliphatic rings. The quantitative estimate of drug-likeness (QED) is 0.310. The molecule has 6 rings (SSSR count). The van der Waals surface area contributed by atoms with Crippen LogP contribution in [-0.4, -0.2) is 0 Å². The van der Waals surface area contributed by atoms with Crippen molar-refractivity contribution in [1.82, 2.24) is 0 Å². The van der Waals surface area contributed by atoms with Crippen LogP contribution < -0.4 is 0 Å². The second-order valence-electron chi connectivity index (χ2n) is 19.5. The van der Waals surface area contributed by atoms with Crippen molar-refractivity contribution in [3.63, 3.8) is 0 Å². The topological polar surface area (TPSA) is 0 Å². The van der Waals surface area contributed by atoms with Gasteiger partial charge >= 0.3 is 0 Å². The molecule has 0 N–H and O–H groups in total. The lowest BCUT2D eigenvalue weighted by atomic mass is 9.37. The molecule has 0 amide bonds. The van der Waals surface area contributed by atoms with Gasteiger partial charge in [-0.05, 0) is 105 Å². The molecule has 6 saturated carbocycles. The van der Waals surface area contributed by atoms with Crippen LogP contribution in [0.15, 0.2) is 0 Å². The zero-order valence-corrected chi connectivity index (χ0v) is 28.3. The lowest BCUT2D eigenvalue weighted by Crippen LogP contribution is -2.61. The summed E-state index contributed by atoms with van der Waals surface area (Å²) in [5.74, 6) is 4.46. The lowest BCUT2D eigenvalue weighted by molar-refractivity contribution is -0.193. The molecule has 0 unspecified atom stereocenters. The number of hydrogen-bond acceptors (Lipinski definition) is 0. The average molecular weight is 501 g/mol. The van der Waals surface area contributed by atoms with E-state index in [1.807, 2.05) is 0 Å². The van der Waals surface area contributed by atoms with Crippen LogP contribution in [0.25, 0.3) is 0 Å². The maximum atomic E-state index is 2.58. The second-order valence-corrected chi connectivity index (χ2v) is 19.5. The SMILES string of the molecule is CC(C)(C)C.CC1(C)C(C)(C)C2(C)C(C)(C)C(C)(C)C1(C)C2(C)C.CC1(C)C2CC3CC(C2)CC1C3. The van der Waals surface area contributed by atoms with Crippen molar-refractivity contribution in [3.05, 3.63) is 0 Å². The van der Waals surface area contributed by atoms with Crippen molar-refractivity contribution in [2.45, 2.75) is 157 Å². The molecule has 6 aliphatic carbocycles. The maximum absolute atomic E-state index is 2.58. The highest BCUT2D eigenvalue weighted by Crippen LogP contribution is 2.94. The van der Waals surface area contributed by atoms with E-state index in [-0.39, 0.29) is 0 Å². The maximum Gasteiger partial charge on any atom is -0.0156 e. The van der Waals surface area contributed by atoms with E-state index in [1.54, 1.807) is 32.1 Å². The summed E-state index contributed by atoms with van der Waals surface area (Å²) in [6, 6.07) is 0. The van der Waals surface area contributed by atoms with E-state index >= 15 is 0 Å². The summed E-state index contributed by atoms with van der Waals surface area (Å²) >= 11 is 0. The van der Waals surface area contributed by atoms with Crippen LogP contribution in [0.5, 0.6) is 0 Å². The zero-order chi connectivity index (χ0) is 28.3. The molecule has 0 heteroatoms. The van der Waals surface area contributed by atoms with Crippen LogP contribution in [0.4, 0.5) is 0 Å². The van der Waals surface area contributed by atoms with E-state index in [1.165, 1.54) is 0 Å². The van der Waals surface area contributed by atoms with Gasteiger partial charge in [0, 0.05) is 0 Å². The highest BCUT2D eigenvalue weighted by molar-refractivity contribution is 5.36. The van der Waals surface area contributed by atoms with Crippen LogP contribution in [0.1, 0.15) is 157 Å². The Bertz CT molecular complexity index is 730. The molecule has 6 bridgehead atoms. The minimum absolute atomic E-state index is 0.328. The molecule has 212 valence electrons. The standard InChI is InChI=1S/C19H36.C12H20.C5H12/c1-13(2)14(3,4)19(12)16(7,8)15(5,6)18(13,11)17(19,9)10;1-12(2)10-4-8-3-9(6-10)7-11(12)5-8;1-5(2,3)4/h1-12H3;8-11H,3-7H2,1-2H3;1-4H3. The normalized spacial score (nSPS) is 44.8. The van der Waals surface area contributed by atoms with Gasteiger partial charge in [-0.1, -0.05) is 125 Å². The van der Waals surface area contributed by atoms with Gasteiger partial charge in [-0.3, -0.25) is 0 Å². The fraction of sp³-hybridized carbons (Fsp3) is 1.00.